The van der Waals surface area contributed by atoms with Crippen LogP contribution < -0.4 is 5.32 Å². The standard InChI is InChI=1S/C30H26N4O3S2/c1-18-5-6-23(15-19(18)2)31-30-32-29(35)28(39-30)17-22-16-20(3)33(21(22)4)24-7-11-26(12-8-24)38-27-13-9-25(10-14-27)34(36)37/h5-17H,1-4H3,(H,31,32,35)/b28-17+. The fourth-order valence-corrected chi connectivity index (χ4v) is 5.95. The second-order valence-corrected chi connectivity index (χ2v) is 11.4. The van der Waals surface area contributed by atoms with Crippen LogP contribution in [0.3, 0.4) is 0 Å². The number of nitro groups is 1. The number of nitrogens with zero attached hydrogens (tertiary/aromatic N) is 3. The van der Waals surface area contributed by atoms with Crippen LogP contribution in [-0.4, -0.2) is 20.6 Å². The van der Waals surface area contributed by atoms with Gasteiger partial charge in [-0.2, -0.15) is 0 Å². The van der Waals surface area contributed by atoms with Crippen LogP contribution in [0.1, 0.15) is 28.1 Å². The van der Waals surface area contributed by atoms with Crippen molar-refractivity contribution in [3.8, 4) is 5.69 Å². The van der Waals surface area contributed by atoms with E-state index in [1.165, 1.54) is 29.5 Å². The summed E-state index contributed by atoms with van der Waals surface area (Å²) in [6, 6.07) is 22.8. The lowest BCUT2D eigenvalue weighted by Crippen LogP contribution is -2.19. The highest BCUT2D eigenvalue weighted by Crippen LogP contribution is 2.33. The van der Waals surface area contributed by atoms with Crippen molar-refractivity contribution in [1.82, 2.24) is 9.88 Å². The van der Waals surface area contributed by atoms with Crippen molar-refractivity contribution >= 4 is 52.0 Å². The molecule has 1 aliphatic rings. The molecule has 4 aromatic rings. The van der Waals surface area contributed by atoms with Crippen molar-refractivity contribution in [3.05, 3.63) is 116 Å². The highest BCUT2D eigenvalue weighted by atomic mass is 32.2. The van der Waals surface area contributed by atoms with Crippen molar-refractivity contribution in [2.45, 2.75) is 37.5 Å². The number of nitrogens with one attached hydrogen (secondary N) is 1. The molecule has 0 atom stereocenters. The molecule has 1 fully saturated rings. The summed E-state index contributed by atoms with van der Waals surface area (Å²) in [7, 11) is 0. The molecule has 7 nitrogen and oxygen atoms in total. The molecular weight excluding hydrogens is 528 g/mol. The van der Waals surface area contributed by atoms with E-state index < -0.39 is 4.92 Å². The molecule has 1 amide bonds. The van der Waals surface area contributed by atoms with Gasteiger partial charge in [-0.25, -0.2) is 4.99 Å². The summed E-state index contributed by atoms with van der Waals surface area (Å²) in [5.74, 6) is -0.153. The molecule has 1 saturated heterocycles. The molecule has 2 heterocycles. The third kappa shape index (κ3) is 5.84. The molecule has 1 N–H and O–H groups in total. The summed E-state index contributed by atoms with van der Waals surface area (Å²) in [5.41, 5.74) is 7.34. The lowest BCUT2D eigenvalue weighted by molar-refractivity contribution is -0.384. The highest BCUT2D eigenvalue weighted by molar-refractivity contribution is 8.18. The average Bonchev–Trinajstić information content (AvgIpc) is 3.39. The van der Waals surface area contributed by atoms with Gasteiger partial charge in [0, 0.05) is 39.0 Å². The van der Waals surface area contributed by atoms with Crippen molar-refractivity contribution in [2.24, 2.45) is 4.99 Å². The van der Waals surface area contributed by atoms with Crippen molar-refractivity contribution in [1.29, 1.82) is 0 Å². The number of aliphatic imine (C=N–C) groups is 1. The molecule has 1 aliphatic heterocycles. The molecule has 39 heavy (non-hydrogen) atoms. The van der Waals surface area contributed by atoms with Gasteiger partial charge in [-0.3, -0.25) is 14.9 Å². The third-order valence-corrected chi connectivity index (χ3v) is 8.43. The largest absolute Gasteiger partial charge is 0.318 e. The highest BCUT2D eigenvalue weighted by Gasteiger charge is 2.24. The zero-order valence-corrected chi connectivity index (χ0v) is 23.5. The minimum absolute atomic E-state index is 0.0809. The molecule has 1 aromatic heterocycles. The predicted octanol–water partition coefficient (Wildman–Crippen LogP) is 7.66. The van der Waals surface area contributed by atoms with Crippen molar-refractivity contribution in [2.75, 3.05) is 0 Å². The number of nitro benzene ring substituents is 1. The van der Waals surface area contributed by atoms with Gasteiger partial charge in [0.05, 0.1) is 15.5 Å². The lowest BCUT2D eigenvalue weighted by Gasteiger charge is -2.11. The van der Waals surface area contributed by atoms with Crippen LogP contribution in [0.15, 0.2) is 92.5 Å². The molecule has 0 saturated carbocycles. The van der Waals surface area contributed by atoms with Crippen LogP contribution in [-0.2, 0) is 4.79 Å². The predicted molar refractivity (Wildman–Crippen MR) is 159 cm³/mol. The number of aromatic nitrogens is 1. The van der Waals surface area contributed by atoms with Crippen LogP contribution in [0, 0.1) is 37.8 Å². The Hall–Kier alpha value is -4.08. The fraction of sp³-hybridized carbons (Fsp3) is 0.133. The summed E-state index contributed by atoms with van der Waals surface area (Å²) in [6.45, 7) is 8.19. The summed E-state index contributed by atoms with van der Waals surface area (Å²) < 4.78 is 2.16. The number of amides is 1. The molecule has 0 spiro atoms. The molecule has 3 aromatic carbocycles. The number of hydrogen-bond donors (Lipinski definition) is 1. The van der Waals surface area contributed by atoms with Gasteiger partial charge in [0.25, 0.3) is 11.6 Å². The van der Waals surface area contributed by atoms with Gasteiger partial charge in [-0.05, 0) is 117 Å². The smallest absolute Gasteiger partial charge is 0.269 e. The maximum atomic E-state index is 12.7. The monoisotopic (exact) mass is 554 g/mol. The Balaban J connectivity index is 1.34. The van der Waals surface area contributed by atoms with Gasteiger partial charge in [-0.1, -0.05) is 17.8 Å². The van der Waals surface area contributed by atoms with Crippen molar-refractivity contribution in [3.63, 3.8) is 0 Å². The van der Waals surface area contributed by atoms with E-state index in [4.69, 9.17) is 0 Å². The second-order valence-electron chi connectivity index (χ2n) is 9.26. The van der Waals surface area contributed by atoms with E-state index in [1.54, 1.807) is 23.9 Å². The molecule has 9 heteroatoms. The molecule has 0 aliphatic carbocycles. The van der Waals surface area contributed by atoms with Crippen LogP contribution in [0.25, 0.3) is 11.8 Å². The van der Waals surface area contributed by atoms with Crippen LogP contribution in [0.2, 0.25) is 0 Å². The quantitative estimate of drug-likeness (QED) is 0.150. The number of hydrogen-bond acceptors (Lipinski definition) is 6. The van der Waals surface area contributed by atoms with E-state index in [0.29, 0.717) is 10.1 Å². The normalized spacial score (nSPS) is 15.2. The Kier molecular flexibility index (Phi) is 7.45. The first-order valence-electron chi connectivity index (χ1n) is 12.3. The topological polar surface area (TPSA) is 89.5 Å². The maximum absolute atomic E-state index is 12.7. The summed E-state index contributed by atoms with van der Waals surface area (Å²) in [4.78, 5) is 30.4. The molecule has 196 valence electrons. The number of carbonyl (C=O) groups excluding carboxylic acids is 1. The van der Waals surface area contributed by atoms with Crippen LogP contribution in [0.4, 0.5) is 11.4 Å². The van der Waals surface area contributed by atoms with E-state index in [2.05, 4.69) is 40.0 Å². The van der Waals surface area contributed by atoms with E-state index >= 15 is 0 Å². The van der Waals surface area contributed by atoms with E-state index in [9.17, 15) is 14.9 Å². The SMILES string of the molecule is Cc1ccc(N=C2NC(=O)/C(=C\c3cc(C)n(-c4ccc(Sc5ccc([N+](=O)[O-])cc5)cc4)c3C)S2)cc1C. The van der Waals surface area contributed by atoms with Gasteiger partial charge in [-0.15, -0.1) is 0 Å². The van der Waals surface area contributed by atoms with Gasteiger partial charge >= 0.3 is 0 Å². The first-order valence-corrected chi connectivity index (χ1v) is 13.9. The first-order chi connectivity index (χ1) is 18.7. The minimum atomic E-state index is -0.397. The Labute approximate surface area is 235 Å². The number of rotatable bonds is 6. The number of benzene rings is 3. The molecule has 0 bridgehead atoms. The molecule has 5 rings (SSSR count). The number of thioether (sulfide) groups is 1. The van der Waals surface area contributed by atoms with E-state index in [0.717, 1.165) is 43.7 Å². The lowest BCUT2D eigenvalue weighted by atomic mass is 10.1. The summed E-state index contributed by atoms with van der Waals surface area (Å²) in [6.07, 6.45) is 1.92. The Morgan fingerprint density at radius 2 is 1.59 bits per heavy atom. The van der Waals surface area contributed by atoms with Gasteiger partial charge < -0.3 is 9.88 Å². The number of amidine groups is 1. The second kappa shape index (κ2) is 11.0. The minimum Gasteiger partial charge on any atom is -0.318 e. The summed E-state index contributed by atoms with van der Waals surface area (Å²) in [5, 5.41) is 14.3. The first kappa shape index (κ1) is 26.5. The Morgan fingerprint density at radius 1 is 0.923 bits per heavy atom. The van der Waals surface area contributed by atoms with Crippen LogP contribution in [0.5, 0.6) is 0 Å². The van der Waals surface area contributed by atoms with E-state index in [1.807, 2.05) is 57.2 Å². The Bertz CT molecular complexity index is 1650. The number of non-ortho nitro benzene ring substituents is 1. The van der Waals surface area contributed by atoms with E-state index in [-0.39, 0.29) is 11.6 Å². The molecular formula is C30H26N4O3S2. The molecule has 0 unspecified atom stereocenters. The zero-order valence-electron chi connectivity index (χ0n) is 21.9. The zero-order chi connectivity index (χ0) is 27.7. The summed E-state index contributed by atoms with van der Waals surface area (Å²) >= 11 is 2.89. The third-order valence-electron chi connectivity index (χ3n) is 6.51. The number of aryl methyl sites for hydroxylation is 3. The van der Waals surface area contributed by atoms with Gasteiger partial charge in [0.2, 0.25) is 0 Å². The van der Waals surface area contributed by atoms with Crippen molar-refractivity contribution < 1.29 is 9.72 Å². The van der Waals surface area contributed by atoms with Gasteiger partial charge in [0.1, 0.15) is 0 Å². The fourth-order valence-electron chi connectivity index (χ4n) is 4.30. The Morgan fingerprint density at radius 3 is 2.23 bits per heavy atom. The van der Waals surface area contributed by atoms with Crippen LogP contribution >= 0.6 is 23.5 Å². The maximum Gasteiger partial charge on any atom is 0.269 e. The number of carbonyl (C=O) groups is 1. The molecule has 0 radical (unpaired) electrons. The van der Waals surface area contributed by atoms with Gasteiger partial charge in [0.15, 0.2) is 5.17 Å². The average molecular weight is 555 g/mol.